The smallest absolute Gasteiger partial charge is 0.262 e. The number of nitrogens with two attached hydrogens (primary N) is 1. The van der Waals surface area contributed by atoms with Crippen LogP contribution in [-0.4, -0.2) is 15.6 Å². The Kier molecular flexibility index (Phi) is 4.10. The maximum Gasteiger partial charge on any atom is 0.262 e. The van der Waals surface area contributed by atoms with Crippen LogP contribution in [0.25, 0.3) is 0 Å². The molecule has 0 fully saturated rings. The fourth-order valence-corrected chi connectivity index (χ4v) is 2.11. The predicted octanol–water partition coefficient (Wildman–Crippen LogP) is 1.95. The molecule has 1 heterocycles. The number of nitrogens with zero attached hydrogens (tertiary/aromatic N) is 2. The lowest BCUT2D eigenvalue weighted by Gasteiger charge is -2.12. The number of hydrogen-bond donors (Lipinski definition) is 2. The molecule has 104 valence electrons. The van der Waals surface area contributed by atoms with E-state index in [4.69, 9.17) is 22.5 Å². The first-order chi connectivity index (χ1) is 9.54. The Morgan fingerprint density at radius 3 is 2.70 bits per heavy atom. The van der Waals surface area contributed by atoms with Gasteiger partial charge in [-0.25, -0.2) is 0 Å². The zero-order valence-corrected chi connectivity index (χ0v) is 11.6. The molecular weight excluding hydrogens is 278 g/mol. The van der Waals surface area contributed by atoms with E-state index in [9.17, 15) is 4.79 Å². The summed E-state index contributed by atoms with van der Waals surface area (Å²) in [5.74, 6) is -0.206. The number of oxime groups is 1. The van der Waals surface area contributed by atoms with Crippen LogP contribution >= 0.6 is 11.6 Å². The highest BCUT2D eigenvalue weighted by Crippen LogP contribution is 2.16. The van der Waals surface area contributed by atoms with Crippen molar-refractivity contribution in [1.82, 2.24) is 4.57 Å². The van der Waals surface area contributed by atoms with Crippen LogP contribution in [0.15, 0.2) is 46.3 Å². The third-order valence-electron chi connectivity index (χ3n) is 3.06. The lowest BCUT2D eigenvalue weighted by atomic mass is 10.2. The van der Waals surface area contributed by atoms with E-state index >= 15 is 0 Å². The summed E-state index contributed by atoms with van der Waals surface area (Å²) in [6, 6.07) is 10.6. The van der Waals surface area contributed by atoms with Crippen LogP contribution in [0.5, 0.6) is 0 Å². The van der Waals surface area contributed by atoms with E-state index in [1.54, 1.807) is 12.1 Å². The molecular formula is C14H14ClN3O2. The molecule has 0 saturated heterocycles. The Morgan fingerprint density at radius 1 is 1.35 bits per heavy atom. The number of aromatic nitrogens is 1. The number of aryl methyl sites for hydroxylation is 1. The van der Waals surface area contributed by atoms with Crippen LogP contribution < -0.4 is 11.3 Å². The van der Waals surface area contributed by atoms with Gasteiger partial charge in [0, 0.05) is 10.7 Å². The minimum absolute atomic E-state index is 0.158. The quantitative estimate of drug-likeness (QED) is 0.392. The largest absolute Gasteiger partial charge is 0.409 e. The van der Waals surface area contributed by atoms with Gasteiger partial charge in [-0.3, -0.25) is 4.79 Å². The van der Waals surface area contributed by atoms with E-state index in [-0.39, 0.29) is 17.0 Å². The van der Waals surface area contributed by atoms with E-state index < -0.39 is 0 Å². The molecule has 5 nitrogen and oxygen atoms in total. The summed E-state index contributed by atoms with van der Waals surface area (Å²) in [5.41, 5.74) is 6.93. The zero-order chi connectivity index (χ0) is 14.7. The van der Waals surface area contributed by atoms with Gasteiger partial charge in [0.1, 0.15) is 0 Å². The molecule has 0 bridgehead atoms. The van der Waals surface area contributed by atoms with Crippen LogP contribution in [0, 0.1) is 6.92 Å². The van der Waals surface area contributed by atoms with Crippen molar-refractivity contribution in [2.24, 2.45) is 10.9 Å². The van der Waals surface area contributed by atoms with Crippen molar-refractivity contribution >= 4 is 17.4 Å². The summed E-state index contributed by atoms with van der Waals surface area (Å²) in [7, 11) is 0. The molecule has 20 heavy (non-hydrogen) atoms. The highest BCUT2D eigenvalue weighted by Gasteiger charge is 2.11. The predicted molar refractivity (Wildman–Crippen MR) is 78.5 cm³/mol. The summed E-state index contributed by atoms with van der Waals surface area (Å²) >= 11 is 6.10. The van der Waals surface area contributed by atoms with E-state index in [0.717, 1.165) is 11.3 Å². The Labute approximate surface area is 120 Å². The first-order valence-corrected chi connectivity index (χ1v) is 6.34. The molecule has 3 N–H and O–H groups in total. The van der Waals surface area contributed by atoms with Crippen molar-refractivity contribution in [3.05, 3.63) is 68.6 Å². The molecule has 0 aliphatic carbocycles. The van der Waals surface area contributed by atoms with Gasteiger partial charge >= 0.3 is 0 Å². The van der Waals surface area contributed by atoms with Gasteiger partial charge in [0.15, 0.2) is 5.84 Å². The van der Waals surface area contributed by atoms with Gasteiger partial charge in [0.25, 0.3) is 5.56 Å². The highest BCUT2D eigenvalue weighted by atomic mass is 35.5. The fraction of sp³-hybridized carbons (Fsp3) is 0.143. The molecule has 1 aromatic heterocycles. The second-order valence-electron chi connectivity index (χ2n) is 4.36. The Bertz CT molecular complexity index is 723. The van der Waals surface area contributed by atoms with E-state index in [1.165, 1.54) is 10.6 Å². The van der Waals surface area contributed by atoms with Crippen LogP contribution in [0.3, 0.4) is 0 Å². The van der Waals surface area contributed by atoms with Gasteiger partial charge in [-0.1, -0.05) is 35.0 Å². The number of pyridine rings is 1. The molecule has 2 rings (SSSR count). The lowest BCUT2D eigenvalue weighted by Crippen LogP contribution is -2.31. The Balaban J connectivity index is 2.52. The Hall–Kier alpha value is -2.27. The maximum atomic E-state index is 12.4. The van der Waals surface area contributed by atoms with Crippen molar-refractivity contribution in [2.45, 2.75) is 13.5 Å². The molecule has 0 aliphatic heterocycles. The number of benzene rings is 1. The van der Waals surface area contributed by atoms with Gasteiger partial charge < -0.3 is 15.5 Å². The first kappa shape index (κ1) is 14.1. The number of amidine groups is 1. The van der Waals surface area contributed by atoms with Crippen molar-refractivity contribution in [1.29, 1.82) is 0 Å². The van der Waals surface area contributed by atoms with Gasteiger partial charge in [-0.15, -0.1) is 0 Å². The molecule has 0 spiro atoms. The van der Waals surface area contributed by atoms with E-state index in [1.807, 2.05) is 25.1 Å². The molecule has 0 atom stereocenters. The third-order valence-corrected chi connectivity index (χ3v) is 3.43. The summed E-state index contributed by atoms with van der Waals surface area (Å²) in [6.07, 6.45) is 0. The monoisotopic (exact) mass is 291 g/mol. The summed E-state index contributed by atoms with van der Waals surface area (Å²) in [5, 5.41) is 12.2. The van der Waals surface area contributed by atoms with E-state index in [0.29, 0.717) is 11.6 Å². The Morgan fingerprint density at radius 2 is 2.05 bits per heavy atom. The molecule has 0 unspecified atom stereocenters. The molecule has 0 amide bonds. The highest BCUT2D eigenvalue weighted by molar-refractivity contribution is 6.31. The van der Waals surface area contributed by atoms with Gasteiger partial charge in [-0.2, -0.15) is 0 Å². The average molecular weight is 292 g/mol. The van der Waals surface area contributed by atoms with E-state index in [2.05, 4.69) is 5.16 Å². The standard InChI is InChI=1S/C14H14ClN3O2/c1-9-6-7-11(13(16)17-20)14(19)18(9)8-10-4-2-3-5-12(10)15/h2-7,20H,8H2,1H3,(H2,16,17). The van der Waals surface area contributed by atoms with Gasteiger partial charge in [-0.05, 0) is 30.7 Å². The van der Waals surface area contributed by atoms with Crippen LogP contribution in [-0.2, 0) is 6.54 Å². The number of halogens is 1. The normalized spacial score (nSPS) is 11.6. The molecule has 6 heteroatoms. The van der Waals surface area contributed by atoms with Crippen LogP contribution in [0.1, 0.15) is 16.8 Å². The molecule has 1 aromatic carbocycles. The minimum Gasteiger partial charge on any atom is -0.409 e. The molecule has 0 saturated carbocycles. The van der Waals surface area contributed by atoms with Crippen molar-refractivity contribution in [3.63, 3.8) is 0 Å². The van der Waals surface area contributed by atoms with Crippen molar-refractivity contribution in [3.8, 4) is 0 Å². The maximum absolute atomic E-state index is 12.4. The van der Waals surface area contributed by atoms with Crippen LogP contribution in [0.2, 0.25) is 5.02 Å². The SMILES string of the molecule is Cc1ccc(/C(N)=N/O)c(=O)n1Cc1ccccc1Cl. The van der Waals surface area contributed by atoms with Crippen molar-refractivity contribution < 1.29 is 5.21 Å². The molecule has 0 aliphatic rings. The zero-order valence-electron chi connectivity index (χ0n) is 10.9. The summed E-state index contributed by atoms with van der Waals surface area (Å²) in [4.78, 5) is 12.4. The lowest BCUT2D eigenvalue weighted by molar-refractivity contribution is 0.318. The molecule has 0 radical (unpaired) electrons. The van der Waals surface area contributed by atoms with Gasteiger partial charge in [0.05, 0.1) is 12.1 Å². The third kappa shape index (κ3) is 2.67. The van der Waals surface area contributed by atoms with Gasteiger partial charge in [0.2, 0.25) is 0 Å². The fourth-order valence-electron chi connectivity index (χ4n) is 1.91. The summed E-state index contributed by atoms with van der Waals surface area (Å²) < 4.78 is 1.54. The second-order valence-corrected chi connectivity index (χ2v) is 4.76. The van der Waals surface area contributed by atoms with Crippen LogP contribution in [0.4, 0.5) is 0 Å². The average Bonchev–Trinajstić information content (AvgIpc) is 2.44. The first-order valence-electron chi connectivity index (χ1n) is 5.96. The topological polar surface area (TPSA) is 80.6 Å². The second kappa shape index (κ2) is 5.79. The van der Waals surface area contributed by atoms with Crippen molar-refractivity contribution in [2.75, 3.05) is 0 Å². The number of hydrogen-bond acceptors (Lipinski definition) is 3. The minimum atomic E-state index is -0.319. The number of rotatable bonds is 3. The summed E-state index contributed by atoms with van der Waals surface area (Å²) in [6.45, 7) is 2.14. The molecule has 2 aromatic rings.